The van der Waals surface area contributed by atoms with Crippen molar-refractivity contribution in [3.8, 4) is 11.5 Å². The normalized spacial score (nSPS) is 12.1. The smallest absolute Gasteiger partial charge is 0.162 e. The van der Waals surface area contributed by atoms with Crippen LogP contribution in [0.25, 0.3) is 0 Å². The van der Waals surface area contributed by atoms with Crippen molar-refractivity contribution < 1.29 is 9.47 Å². The van der Waals surface area contributed by atoms with E-state index in [2.05, 4.69) is 0 Å². The zero-order valence-corrected chi connectivity index (χ0v) is 14.3. The number of methoxy groups -OCH3 is 2. The second kappa shape index (κ2) is 6.97. The Hall–Kier alpha value is -0.800. The molecule has 2 aromatic rings. The first kappa shape index (κ1) is 16.6. The maximum atomic E-state index is 6.51. The molecule has 112 valence electrons. The largest absolute Gasteiger partial charge is 0.493 e. The first-order chi connectivity index (χ1) is 9.97. The molecule has 0 saturated heterocycles. The maximum Gasteiger partial charge on any atom is 0.162 e. The molecule has 0 aliphatic carbocycles. The van der Waals surface area contributed by atoms with Crippen LogP contribution in [0.3, 0.4) is 0 Å². The van der Waals surface area contributed by atoms with Crippen molar-refractivity contribution in [1.82, 2.24) is 0 Å². The SMILES string of the molecule is COc1cc(Cl)c(C(Cl)c2ccc(Cl)cc2Cl)cc1OC. The molecular weight excluding hydrogens is 354 g/mol. The van der Waals surface area contributed by atoms with Gasteiger partial charge in [0.1, 0.15) is 0 Å². The lowest BCUT2D eigenvalue weighted by Gasteiger charge is -2.17. The maximum absolute atomic E-state index is 6.51. The Kier molecular flexibility index (Phi) is 5.50. The van der Waals surface area contributed by atoms with Gasteiger partial charge in [-0.1, -0.05) is 40.9 Å². The summed E-state index contributed by atoms with van der Waals surface area (Å²) in [5.74, 6) is 1.09. The fraction of sp³-hybridized carbons (Fsp3) is 0.200. The van der Waals surface area contributed by atoms with Crippen molar-refractivity contribution in [2.24, 2.45) is 0 Å². The highest BCUT2D eigenvalue weighted by Crippen LogP contribution is 2.42. The average molecular weight is 366 g/mol. The number of benzene rings is 2. The molecule has 0 fully saturated rings. The summed E-state index contributed by atoms with van der Waals surface area (Å²) in [6, 6.07) is 8.54. The van der Waals surface area contributed by atoms with Crippen LogP contribution in [0, 0.1) is 0 Å². The number of alkyl halides is 1. The highest BCUT2D eigenvalue weighted by molar-refractivity contribution is 6.36. The van der Waals surface area contributed by atoms with Crippen molar-refractivity contribution in [2.45, 2.75) is 5.38 Å². The predicted molar refractivity (Wildman–Crippen MR) is 88.7 cm³/mol. The third-order valence-electron chi connectivity index (χ3n) is 3.01. The Morgan fingerprint density at radius 3 is 1.95 bits per heavy atom. The van der Waals surface area contributed by atoms with Gasteiger partial charge in [0, 0.05) is 21.1 Å². The van der Waals surface area contributed by atoms with E-state index in [-0.39, 0.29) is 0 Å². The van der Waals surface area contributed by atoms with Crippen LogP contribution in [0.1, 0.15) is 16.5 Å². The van der Waals surface area contributed by atoms with Crippen LogP contribution >= 0.6 is 46.4 Å². The highest BCUT2D eigenvalue weighted by atomic mass is 35.5. The molecule has 0 spiro atoms. The number of ether oxygens (including phenoxy) is 2. The first-order valence-electron chi connectivity index (χ1n) is 5.98. The molecule has 0 saturated carbocycles. The summed E-state index contributed by atoms with van der Waals surface area (Å²) in [6.45, 7) is 0. The van der Waals surface area contributed by atoms with Gasteiger partial charge >= 0.3 is 0 Å². The molecule has 0 aromatic heterocycles. The number of rotatable bonds is 4. The van der Waals surface area contributed by atoms with E-state index in [4.69, 9.17) is 55.9 Å². The zero-order valence-electron chi connectivity index (χ0n) is 11.3. The lowest BCUT2D eigenvalue weighted by Crippen LogP contribution is -1.98. The van der Waals surface area contributed by atoms with E-state index >= 15 is 0 Å². The zero-order chi connectivity index (χ0) is 15.6. The summed E-state index contributed by atoms with van der Waals surface area (Å²) >= 11 is 24.9. The van der Waals surface area contributed by atoms with Crippen molar-refractivity contribution >= 4 is 46.4 Å². The van der Waals surface area contributed by atoms with Crippen molar-refractivity contribution in [1.29, 1.82) is 0 Å². The molecule has 0 bridgehead atoms. The number of halogens is 4. The van der Waals surface area contributed by atoms with Crippen LogP contribution in [-0.2, 0) is 0 Å². The second-order valence-corrected chi connectivity index (χ2v) is 5.94. The van der Waals surface area contributed by atoms with Gasteiger partial charge < -0.3 is 9.47 Å². The fourth-order valence-electron chi connectivity index (χ4n) is 1.94. The van der Waals surface area contributed by atoms with Gasteiger partial charge in [-0.25, -0.2) is 0 Å². The van der Waals surface area contributed by atoms with Gasteiger partial charge in [0.15, 0.2) is 11.5 Å². The molecule has 0 N–H and O–H groups in total. The average Bonchev–Trinajstić information content (AvgIpc) is 2.46. The summed E-state index contributed by atoms with van der Waals surface area (Å²) in [6.07, 6.45) is 0. The molecule has 1 atom stereocenters. The topological polar surface area (TPSA) is 18.5 Å². The van der Waals surface area contributed by atoms with Gasteiger partial charge in [-0.2, -0.15) is 0 Å². The van der Waals surface area contributed by atoms with E-state index in [1.165, 1.54) is 0 Å². The van der Waals surface area contributed by atoms with E-state index in [9.17, 15) is 0 Å². The number of hydrogen-bond acceptors (Lipinski definition) is 2. The summed E-state index contributed by atoms with van der Waals surface area (Å²) in [5, 5.41) is 0.972. The highest BCUT2D eigenvalue weighted by Gasteiger charge is 2.20. The van der Waals surface area contributed by atoms with E-state index in [1.807, 2.05) is 0 Å². The van der Waals surface area contributed by atoms with E-state index < -0.39 is 5.38 Å². The van der Waals surface area contributed by atoms with Gasteiger partial charge in [0.2, 0.25) is 0 Å². The van der Waals surface area contributed by atoms with Gasteiger partial charge in [-0.15, -0.1) is 11.6 Å². The van der Waals surface area contributed by atoms with Crippen molar-refractivity contribution in [3.05, 3.63) is 56.5 Å². The van der Waals surface area contributed by atoms with E-state index in [0.717, 1.165) is 5.56 Å². The summed E-state index contributed by atoms with van der Waals surface area (Å²) in [7, 11) is 3.09. The molecule has 0 aliphatic heterocycles. The van der Waals surface area contributed by atoms with Crippen molar-refractivity contribution in [2.75, 3.05) is 14.2 Å². The Morgan fingerprint density at radius 2 is 1.38 bits per heavy atom. The summed E-state index contributed by atoms with van der Waals surface area (Å²) in [5.41, 5.74) is 1.40. The van der Waals surface area contributed by atoms with Crippen LogP contribution in [0.4, 0.5) is 0 Å². The third-order valence-corrected chi connectivity index (χ3v) is 4.37. The van der Waals surface area contributed by atoms with Crippen LogP contribution in [0.2, 0.25) is 15.1 Å². The Bertz CT molecular complexity index is 658. The molecule has 2 nitrogen and oxygen atoms in total. The fourth-order valence-corrected chi connectivity index (χ4v) is 3.20. The quantitative estimate of drug-likeness (QED) is 0.619. The molecule has 2 rings (SSSR count). The third kappa shape index (κ3) is 3.51. The molecule has 1 unspecified atom stereocenters. The Morgan fingerprint density at radius 1 is 0.810 bits per heavy atom. The molecule has 0 heterocycles. The predicted octanol–water partition coefficient (Wildman–Crippen LogP) is 5.99. The van der Waals surface area contributed by atoms with Gasteiger partial charge in [0.25, 0.3) is 0 Å². The molecular formula is C15H12Cl4O2. The molecule has 0 radical (unpaired) electrons. The summed E-state index contributed by atoms with van der Waals surface area (Å²) < 4.78 is 10.5. The first-order valence-corrected chi connectivity index (χ1v) is 7.55. The van der Waals surface area contributed by atoms with E-state index in [1.54, 1.807) is 44.6 Å². The minimum Gasteiger partial charge on any atom is -0.493 e. The molecule has 0 aliphatic rings. The summed E-state index contributed by atoms with van der Waals surface area (Å²) in [4.78, 5) is 0. The lowest BCUT2D eigenvalue weighted by molar-refractivity contribution is 0.354. The minimum atomic E-state index is -0.526. The number of hydrogen-bond donors (Lipinski definition) is 0. The van der Waals surface area contributed by atoms with Crippen LogP contribution < -0.4 is 9.47 Å². The van der Waals surface area contributed by atoms with Gasteiger partial charge in [-0.05, 0) is 29.3 Å². The van der Waals surface area contributed by atoms with Gasteiger partial charge in [0.05, 0.1) is 19.6 Å². The molecule has 21 heavy (non-hydrogen) atoms. The minimum absolute atomic E-state index is 0.471. The van der Waals surface area contributed by atoms with Gasteiger partial charge in [-0.3, -0.25) is 0 Å². The lowest BCUT2D eigenvalue weighted by atomic mass is 10.0. The van der Waals surface area contributed by atoms with Crippen LogP contribution in [0.5, 0.6) is 11.5 Å². The molecule has 0 amide bonds. The Labute approximate surface area is 143 Å². The standard InChI is InChI=1S/C15H12Cl4O2/c1-20-13-6-10(12(18)7-14(13)21-2)15(19)9-4-3-8(16)5-11(9)17/h3-7,15H,1-2H3. The van der Waals surface area contributed by atoms with Crippen LogP contribution in [-0.4, -0.2) is 14.2 Å². The molecule has 2 aromatic carbocycles. The second-order valence-electron chi connectivity index (χ2n) is 4.26. The van der Waals surface area contributed by atoms with Crippen LogP contribution in [0.15, 0.2) is 30.3 Å². The monoisotopic (exact) mass is 364 g/mol. The molecule has 6 heteroatoms. The van der Waals surface area contributed by atoms with E-state index in [0.29, 0.717) is 32.1 Å². The Balaban J connectivity index is 2.50. The van der Waals surface area contributed by atoms with Crippen molar-refractivity contribution in [3.63, 3.8) is 0 Å².